The van der Waals surface area contributed by atoms with E-state index in [1.54, 1.807) is 11.3 Å². The highest BCUT2D eigenvalue weighted by Crippen LogP contribution is 2.29. The maximum Gasteiger partial charge on any atom is 0.161 e. The summed E-state index contributed by atoms with van der Waals surface area (Å²) >= 11 is 6.61. The highest BCUT2D eigenvalue weighted by Gasteiger charge is 2.08. The Labute approximate surface area is 122 Å². The van der Waals surface area contributed by atoms with Gasteiger partial charge in [-0.1, -0.05) is 12.2 Å². The van der Waals surface area contributed by atoms with Gasteiger partial charge in [0, 0.05) is 5.56 Å². The van der Waals surface area contributed by atoms with E-state index >= 15 is 0 Å². The zero-order chi connectivity index (χ0) is 13.7. The highest BCUT2D eigenvalue weighted by atomic mass is 32.1. The molecule has 0 radical (unpaired) electrons. The Balaban J connectivity index is 2.16. The highest BCUT2D eigenvalue weighted by molar-refractivity contribution is 7.80. The summed E-state index contributed by atoms with van der Waals surface area (Å²) in [6.07, 6.45) is 0. The predicted octanol–water partition coefficient (Wildman–Crippen LogP) is 3.36. The standard InChI is InChI=1S/C14H15NO2S2/c1-2-16-13-7-11(14(15)18)3-4-12(13)17-8-10-5-6-19-9-10/h3-7,9H,2,8H2,1H3,(H2,15,18). The van der Waals surface area contributed by atoms with Gasteiger partial charge in [-0.3, -0.25) is 0 Å². The SMILES string of the molecule is CCOc1cc(C(N)=S)ccc1OCc1ccsc1. The molecule has 0 spiro atoms. The Morgan fingerprint density at radius 2 is 2.11 bits per heavy atom. The molecule has 0 aliphatic heterocycles. The van der Waals surface area contributed by atoms with Crippen molar-refractivity contribution in [3.63, 3.8) is 0 Å². The van der Waals surface area contributed by atoms with Crippen LogP contribution in [0.15, 0.2) is 35.0 Å². The third-order valence-electron chi connectivity index (χ3n) is 2.50. The Morgan fingerprint density at radius 1 is 1.26 bits per heavy atom. The molecule has 0 atom stereocenters. The van der Waals surface area contributed by atoms with Gasteiger partial charge >= 0.3 is 0 Å². The van der Waals surface area contributed by atoms with Crippen molar-refractivity contribution in [3.8, 4) is 11.5 Å². The summed E-state index contributed by atoms with van der Waals surface area (Å²) in [6.45, 7) is 3.02. The molecule has 5 heteroatoms. The summed E-state index contributed by atoms with van der Waals surface area (Å²) in [5.41, 5.74) is 7.54. The van der Waals surface area contributed by atoms with Gasteiger partial charge in [-0.2, -0.15) is 11.3 Å². The number of nitrogens with two attached hydrogens (primary N) is 1. The third kappa shape index (κ3) is 3.68. The number of thiophene rings is 1. The first kappa shape index (κ1) is 13.8. The van der Waals surface area contributed by atoms with Gasteiger partial charge in [0.15, 0.2) is 11.5 Å². The summed E-state index contributed by atoms with van der Waals surface area (Å²) in [5.74, 6) is 1.37. The number of hydrogen-bond acceptors (Lipinski definition) is 4. The monoisotopic (exact) mass is 293 g/mol. The molecule has 1 aromatic carbocycles. The summed E-state index contributed by atoms with van der Waals surface area (Å²) in [4.78, 5) is 0.352. The minimum atomic E-state index is 0.352. The predicted molar refractivity (Wildman–Crippen MR) is 82.1 cm³/mol. The van der Waals surface area contributed by atoms with Crippen LogP contribution in [0.1, 0.15) is 18.1 Å². The number of thiocarbonyl (C=S) groups is 1. The van der Waals surface area contributed by atoms with Gasteiger partial charge in [0.1, 0.15) is 11.6 Å². The van der Waals surface area contributed by atoms with E-state index in [0.717, 1.165) is 11.1 Å². The van der Waals surface area contributed by atoms with Gasteiger partial charge in [0.2, 0.25) is 0 Å². The zero-order valence-corrected chi connectivity index (χ0v) is 12.2. The fraction of sp³-hybridized carbons (Fsp3) is 0.214. The Morgan fingerprint density at radius 3 is 2.74 bits per heavy atom. The summed E-state index contributed by atoms with van der Waals surface area (Å²) in [7, 11) is 0. The van der Waals surface area contributed by atoms with Crippen molar-refractivity contribution in [2.45, 2.75) is 13.5 Å². The minimum absolute atomic E-state index is 0.352. The lowest BCUT2D eigenvalue weighted by molar-refractivity contribution is 0.269. The van der Waals surface area contributed by atoms with Crippen molar-refractivity contribution in [1.82, 2.24) is 0 Å². The van der Waals surface area contributed by atoms with Gasteiger partial charge in [-0.15, -0.1) is 0 Å². The topological polar surface area (TPSA) is 44.5 Å². The smallest absolute Gasteiger partial charge is 0.161 e. The van der Waals surface area contributed by atoms with E-state index in [1.165, 1.54) is 0 Å². The Kier molecular flexibility index (Phi) is 4.76. The van der Waals surface area contributed by atoms with E-state index in [2.05, 4.69) is 5.38 Å². The average Bonchev–Trinajstić information content (AvgIpc) is 2.90. The lowest BCUT2D eigenvalue weighted by Gasteiger charge is -2.12. The molecule has 0 saturated carbocycles. The van der Waals surface area contributed by atoms with Crippen molar-refractivity contribution in [2.75, 3.05) is 6.61 Å². The maximum absolute atomic E-state index is 5.77. The second kappa shape index (κ2) is 6.54. The summed E-state index contributed by atoms with van der Waals surface area (Å²) in [6, 6.07) is 7.53. The van der Waals surface area contributed by atoms with Crippen LogP contribution in [0.4, 0.5) is 0 Å². The largest absolute Gasteiger partial charge is 0.490 e. The van der Waals surface area contributed by atoms with E-state index in [1.807, 2.05) is 36.6 Å². The molecule has 1 aromatic heterocycles. The molecule has 0 saturated heterocycles. The minimum Gasteiger partial charge on any atom is -0.490 e. The van der Waals surface area contributed by atoms with Gasteiger partial charge in [-0.25, -0.2) is 0 Å². The lowest BCUT2D eigenvalue weighted by Crippen LogP contribution is -2.10. The molecular formula is C14H15NO2S2. The summed E-state index contributed by atoms with van der Waals surface area (Å²) in [5, 5.41) is 4.09. The van der Waals surface area contributed by atoms with Crippen LogP contribution in [0.3, 0.4) is 0 Å². The molecule has 0 fully saturated rings. The molecule has 19 heavy (non-hydrogen) atoms. The maximum atomic E-state index is 5.77. The normalized spacial score (nSPS) is 10.2. The fourth-order valence-electron chi connectivity index (χ4n) is 1.58. The van der Waals surface area contributed by atoms with Crippen molar-refractivity contribution < 1.29 is 9.47 Å². The van der Waals surface area contributed by atoms with Crippen LogP contribution >= 0.6 is 23.6 Å². The molecule has 0 amide bonds. The second-order valence-electron chi connectivity index (χ2n) is 3.88. The molecule has 2 aromatic rings. The first-order valence-corrected chi connectivity index (χ1v) is 7.26. The van der Waals surface area contributed by atoms with Crippen molar-refractivity contribution >= 4 is 28.5 Å². The van der Waals surface area contributed by atoms with E-state index in [9.17, 15) is 0 Å². The van der Waals surface area contributed by atoms with Crippen molar-refractivity contribution in [1.29, 1.82) is 0 Å². The third-order valence-corrected chi connectivity index (χ3v) is 3.47. The Hall–Kier alpha value is -1.59. The zero-order valence-electron chi connectivity index (χ0n) is 10.6. The van der Waals surface area contributed by atoms with Crippen LogP contribution in [0.5, 0.6) is 11.5 Å². The van der Waals surface area contributed by atoms with Crippen molar-refractivity contribution in [2.24, 2.45) is 5.73 Å². The van der Waals surface area contributed by atoms with Gasteiger partial charge in [0.05, 0.1) is 6.61 Å². The summed E-state index contributed by atoms with van der Waals surface area (Å²) < 4.78 is 11.3. The van der Waals surface area contributed by atoms with Crippen LogP contribution in [0.25, 0.3) is 0 Å². The van der Waals surface area contributed by atoms with E-state index in [-0.39, 0.29) is 0 Å². The van der Waals surface area contributed by atoms with Crippen molar-refractivity contribution in [3.05, 3.63) is 46.2 Å². The molecular weight excluding hydrogens is 278 g/mol. The second-order valence-corrected chi connectivity index (χ2v) is 5.10. The van der Waals surface area contributed by atoms with Crippen LogP contribution in [0, 0.1) is 0 Å². The van der Waals surface area contributed by atoms with Crippen LogP contribution in [0.2, 0.25) is 0 Å². The van der Waals surface area contributed by atoms with Crippen LogP contribution in [-0.4, -0.2) is 11.6 Å². The van der Waals surface area contributed by atoms with Crippen LogP contribution in [-0.2, 0) is 6.61 Å². The first-order valence-electron chi connectivity index (χ1n) is 5.91. The molecule has 2 N–H and O–H groups in total. The van der Waals surface area contributed by atoms with Crippen LogP contribution < -0.4 is 15.2 Å². The molecule has 0 aliphatic carbocycles. The van der Waals surface area contributed by atoms with E-state index < -0.39 is 0 Å². The molecule has 3 nitrogen and oxygen atoms in total. The average molecular weight is 293 g/mol. The quantitative estimate of drug-likeness (QED) is 0.830. The lowest BCUT2D eigenvalue weighted by atomic mass is 10.2. The molecule has 100 valence electrons. The number of ether oxygens (including phenoxy) is 2. The number of benzene rings is 1. The Bertz CT molecular complexity index is 553. The first-order chi connectivity index (χ1) is 9.20. The van der Waals surface area contributed by atoms with Gasteiger partial charge in [0.25, 0.3) is 0 Å². The van der Waals surface area contributed by atoms with E-state index in [0.29, 0.717) is 29.7 Å². The molecule has 0 unspecified atom stereocenters. The van der Waals surface area contributed by atoms with E-state index in [4.69, 9.17) is 27.4 Å². The molecule has 0 aliphatic rings. The molecule has 0 bridgehead atoms. The number of rotatable bonds is 6. The number of hydrogen-bond donors (Lipinski definition) is 1. The molecule has 1 heterocycles. The van der Waals surface area contributed by atoms with Gasteiger partial charge in [-0.05, 0) is 47.5 Å². The molecule has 2 rings (SSSR count). The fourth-order valence-corrected chi connectivity index (χ4v) is 2.37. The van der Waals surface area contributed by atoms with Gasteiger partial charge < -0.3 is 15.2 Å².